The van der Waals surface area contributed by atoms with Crippen LogP contribution in [0.3, 0.4) is 0 Å². The number of carbonyl (C=O) groups excluding carboxylic acids is 1. The van der Waals surface area contributed by atoms with Crippen LogP contribution in [-0.4, -0.2) is 11.0 Å². The minimum Gasteiger partial charge on any atom is -0.459 e. The van der Waals surface area contributed by atoms with Crippen molar-refractivity contribution in [2.75, 3.05) is 5.32 Å². The molecule has 7 heteroatoms. The van der Waals surface area contributed by atoms with E-state index >= 15 is 0 Å². The summed E-state index contributed by atoms with van der Waals surface area (Å²) < 4.78 is 5.81. The lowest BCUT2D eigenvalue weighted by Gasteiger charge is -2.10. The van der Waals surface area contributed by atoms with E-state index in [1.165, 1.54) is 6.26 Å². The average molecular weight is 360 g/mol. The smallest absolute Gasteiger partial charge is 0.293 e. The van der Waals surface area contributed by atoms with Gasteiger partial charge in [0.15, 0.2) is 10.9 Å². The van der Waals surface area contributed by atoms with Gasteiger partial charge in [0.1, 0.15) is 0 Å². The monoisotopic (exact) mass is 358 g/mol. The predicted octanol–water partition coefficient (Wildman–Crippen LogP) is 3.82. The molecule has 19 heavy (non-hydrogen) atoms. The quantitative estimate of drug-likeness (QED) is 0.800. The molecular weight excluding hydrogens is 352 g/mol. The van der Waals surface area contributed by atoms with E-state index in [9.17, 15) is 4.79 Å². The molecule has 0 radical (unpaired) electrons. The minimum absolute atomic E-state index is 0.144. The SMILES string of the molecule is O=C(NC(=S)Nc1ccc(Br)cc1Cl)c1ccco1. The molecule has 2 rings (SSSR count). The van der Waals surface area contributed by atoms with Crippen LogP contribution >= 0.6 is 39.7 Å². The second-order valence-electron chi connectivity index (χ2n) is 3.51. The number of furan rings is 1. The van der Waals surface area contributed by atoms with E-state index in [4.69, 9.17) is 28.2 Å². The van der Waals surface area contributed by atoms with Gasteiger partial charge in [-0.3, -0.25) is 10.1 Å². The number of hydrogen-bond donors (Lipinski definition) is 2. The number of benzene rings is 1. The second kappa shape index (κ2) is 6.18. The Morgan fingerprint density at radius 2 is 2.16 bits per heavy atom. The number of halogens is 2. The van der Waals surface area contributed by atoms with Crippen molar-refractivity contribution in [1.29, 1.82) is 0 Å². The highest BCUT2D eigenvalue weighted by molar-refractivity contribution is 9.10. The highest BCUT2D eigenvalue weighted by Crippen LogP contribution is 2.25. The Morgan fingerprint density at radius 3 is 2.79 bits per heavy atom. The maximum atomic E-state index is 11.7. The number of rotatable bonds is 2. The molecule has 1 amide bonds. The fraction of sp³-hybridized carbons (Fsp3) is 0. The van der Waals surface area contributed by atoms with Gasteiger partial charge in [-0.15, -0.1) is 0 Å². The number of amides is 1. The van der Waals surface area contributed by atoms with Crippen molar-refractivity contribution in [2.45, 2.75) is 0 Å². The lowest BCUT2D eigenvalue weighted by molar-refractivity contribution is 0.0950. The average Bonchev–Trinajstić information content (AvgIpc) is 2.86. The summed E-state index contributed by atoms with van der Waals surface area (Å²) in [6.45, 7) is 0. The predicted molar refractivity (Wildman–Crippen MR) is 81.5 cm³/mol. The summed E-state index contributed by atoms with van der Waals surface area (Å²) in [5.74, 6) is -0.234. The Morgan fingerprint density at radius 1 is 1.37 bits per heavy atom. The first kappa shape index (κ1) is 14.0. The first-order chi connectivity index (χ1) is 9.06. The van der Waals surface area contributed by atoms with Gasteiger partial charge in [-0.2, -0.15) is 0 Å². The number of hydrogen-bond acceptors (Lipinski definition) is 3. The van der Waals surface area contributed by atoms with Crippen LogP contribution in [0.2, 0.25) is 5.02 Å². The largest absolute Gasteiger partial charge is 0.459 e. The Bertz CT molecular complexity index is 616. The highest BCUT2D eigenvalue weighted by atomic mass is 79.9. The summed E-state index contributed by atoms with van der Waals surface area (Å²) in [4.78, 5) is 11.7. The lowest BCUT2D eigenvalue weighted by Crippen LogP contribution is -2.33. The molecule has 98 valence electrons. The maximum Gasteiger partial charge on any atom is 0.293 e. The molecule has 0 atom stereocenters. The van der Waals surface area contributed by atoms with Crippen LogP contribution in [0.15, 0.2) is 45.5 Å². The van der Waals surface area contributed by atoms with Crippen molar-refractivity contribution >= 4 is 56.5 Å². The van der Waals surface area contributed by atoms with E-state index in [-0.39, 0.29) is 10.9 Å². The molecule has 0 aliphatic rings. The summed E-state index contributed by atoms with van der Waals surface area (Å²) in [5.41, 5.74) is 0.606. The zero-order valence-corrected chi connectivity index (χ0v) is 12.6. The van der Waals surface area contributed by atoms with Crippen molar-refractivity contribution in [3.8, 4) is 0 Å². The normalized spacial score (nSPS) is 10.0. The van der Waals surface area contributed by atoms with E-state index < -0.39 is 5.91 Å². The van der Waals surface area contributed by atoms with Crippen molar-refractivity contribution < 1.29 is 9.21 Å². The Kier molecular flexibility index (Phi) is 4.57. The molecule has 0 unspecified atom stereocenters. The zero-order chi connectivity index (χ0) is 13.8. The third-order valence-corrected chi connectivity index (χ3v) is 3.16. The molecule has 0 spiro atoms. The molecule has 0 saturated carbocycles. The van der Waals surface area contributed by atoms with E-state index in [0.717, 1.165) is 4.47 Å². The molecular formula is C12H8BrClN2O2S. The number of nitrogens with one attached hydrogen (secondary N) is 2. The van der Waals surface area contributed by atoms with Crippen LogP contribution in [0, 0.1) is 0 Å². The molecule has 0 aliphatic carbocycles. The van der Waals surface area contributed by atoms with Gasteiger partial charge in [0.2, 0.25) is 0 Å². The van der Waals surface area contributed by atoms with Gasteiger partial charge >= 0.3 is 0 Å². The summed E-state index contributed by atoms with van der Waals surface area (Å²) in [6, 6.07) is 8.45. The Hall–Kier alpha value is -1.37. The van der Waals surface area contributed by atoms with E-state index in [0.29, 0.717) is 10.7 Å². The molecule has 0 aliphatic heterocycles. The van der Waals surface area contributed by atoms with Crippen LogP contribution in [0.4, 0.5) is 5.69 Å². The molecule has 1 heterocycles. The van der Waals surface area contributed by atoms with E-state index in [2.05, 4.69) is 26.6 Å². The number of carbonyl (C=O) groups is 1. The van der Waals surface area contributed by atoms with E-state index in [1.54, 1.807) is 24.3 Å². The standard InChI is InChI=1S/C12H8BrClN2O2S/c13-7-3-4-9(8(14)6-7)15-12(19)16-11(17)10-2-1-5-18-10/h1-6H,(H2,15,16,17,19). The van der Waals surface area contributed by atoms with Crippen molar-refractivity contribution in [1.82, 2.24) is 5.32 Å². The lowest BCUT2D eigenvalue weighted by atomic mass is 10.3. The number of thiocarbonyl (C=S) groups is 1. The van der Waals surface area contributed by atoms with Gasteiger partial charge in [0.25, 0.3) is 5.91 Å². The van der Waals surface area contributed by atoms with Crippen molar-refractivity contribution in [2.24, 2.45) is 0 Å². The van der Waals surface area contributed by atoms with Crippen LogP contribution < -0.4 is 10.6 Å². The second-order valence-corrected chi connectivity index (χ2v) is 5.24. The molecule has 1 aromatic carbocycles. The summed E-state index contributed by atoms with van der Waals surface area (Å²) >= 11 is 14.4. The summed E-state index contributed by atoms with van der Waals surface area (Å²) in [5, 5.41) is 5.96. The molecule has 4 nitrogen and oxygen atoms in total. The summed E-state index contributed by atoms with van der Waals surface area (Å²) in [7, 11) is 0. The first-order valence-corrected chi connectivity index (χ1v) is 6.75. The van der Waals surface area contributed by atoms with Gasteiger partial charge in [0, 0.05) is 4.47 Å². The third kappa shape index (κ3) is 3.79. The van der Waals surface area contributed by atoms with Crippen LogP contribution in [0.5, 0.6) is 0 Å². The maximum absolute atomic E-state index is 11.7. The van der Waals surface area contributed by atoms with Crippen LogP contribution in [-0.2, 0) is 0 Å². The van der Waals surface area contributed by atoms with E-state index in [1.807, 2.05) is 6.07 Å². The van der Waals surface area contributed by atoms with Gasteiger partial charge < -0.3 is 9.73 Å². The van der Waals surface area contributed by atoms with Crippen molar-refractivity contribution in [3.05, 3.63) is 51.9 Å². The zero-order valence-electron chi connectivity index (χ0n) is 9.44. The fourth-order valence-corrected chi connectivity index (χ4v) is 2.24. The molecule has 2 N–H and O–H groups in total. The third-order valence-electron chi connectivity index (χ3n) is 2.15. The van der Waals surface area contributed by atoms with Gasteiger partial charge in [-0.25, -0.2) is 0 Å². The molecule has 0 saturated heterocycles. The van der Waals surface area contributed by atoms with Gasteiger partial charge in [-0.1, -0.05) is 27.5 Å². The van der Waals surface area contributed by atoms with Gasteiger partial charge in [-0.05, 0) is 42.5 Å². The Labute approximate surface area is 128 Å². The molecule has 0 bridgehead atoms. The minimum atomic E-state index is -0.421. The summed E-state index contributed by atoms with van der Waals surface area (Å²) in [6.07, 6.45) is 1.41. The first-order valence-electron chi connectivity index (χ1n) is 5.17. The Balaban J connectivity index is 2.00. The van der Waals surface area contributed by atoms with Crippen LogP contribution in [0.25, 0.3) is 0 Å². The topological polar surface area (TPSA) is 54.3 Å². The molecule has 0 fully saturated rings. The highest BCUT2D eigenvalue weighted by Gasteiger charge is 2.11. The molecule has 2 aromatic rings. The van der Waals surface area contributed by atoms with Gasteiger partial charge in [0.05, 0.1) is 17.0 Å². The van der Waals surface area contributed by atoms with Crippen LogP contribution in [0.1, 0.15) is 10.6 Å². The number of anilines is 1. The molecule has 1 aromatic heterocycles. The fourth-order valence-electron chi connectivity index (χ4n) is 1.32. The van der Waals surface area contributed by atoms with Crippen molar-refractivity contribution in [3.63, 3.8) is 0 Å².